The van der Waals surface area contributed by atoms with Crippen LogP contribution in [-0.4, -0.2) is 22.9 Å². The van der Waals surface area contributed by atoms with Gasteiger partial charge in [-0.1, -0.05) is 23.9 Å². The lowest BCUT2D eigenvalue weighted by atomic mass is 10.3. The smallest absolute Gasteiger partial charge is 0.250 e. The van der Waals surface area contributed by atoms with Crippen LogP contribution < -0.4 is 5.43 Å². The van der Waals surface area contributed by atoms with Crippen molar-refractivity contribution in [3.05, 3.63) is 46.8 Å². The summed E-state index contributed by atoms with van der Waals surface area (Å²) >= 11 is 6.16. The number of thiazole rings is 1. The molecule has 0 saturated carbocycles. The van der Waals surface area contributed by atoms with Gasteiger partial charge in [-0.2, -0.15) is 5.10 Å². The van der Waals surface area contributed by atoms with Gasteiger partial charge < -0.3 is 4.42 Å². The molecule has 0 spiro atoms. The molecule has 3 rings (SSSR count). The van der Waals surface area contributed by atoms with E-state index in [0.717, 1.165) is 14.6 Å². The van der Waals surface area contributed by atoms with E-state index in [4.69, 9.17) is 4.42 Å². The highest BCUT2D eigenvalue weighted by atomic mass is 79.9. The van der Waals surface area contributed by atoms with Crippen molar-refractivity contribution in [2.24, 2.45) is 5.10 Å². The van der Waals surface area contributed by atoms with Crippen LogP contribution >= 0.6 is 39.0 Å². The molecule has 1 amide bonds. The minimum Gasteiger partial charge on any atom is -0.448 e. The molecule has 5 nitrogen and oxygen atoms in total. The largest absolute Gasteiger partial charge is 0.448 e. The molecule has 0 unspecified atom stereocenters. The van der Waals surface area contributed by atoms with E-state index < -0.39 is 0 Å². The van der Waals surface area contributed by atoms with Crippen LogP contribution in [-0.2, 0) is 4.79 Å². The summed E-state index contributed by atoms with van der Waals surface area (Å²) in [7, 11) is 0. The molecule has 2 heterocycles. The molecule has 1 N–H and O–H groups in total. The second-order valence-corrected chi connectivity index (χ2v) is 7.21. The molecule has 0 aliphatic rings. The van der Waals surface area contributed by atoms with Crippen molar-refractivity contribution >= 4 is 61.4 Å². The lowest BCUT2D eigenvalue weighted by molar-refractivity contribution is -0.118. The van der Waals surface area contributed by atoms with Gasteiger partial charge >= 0.3 is 0 Å². The Hall–Kier alpha value is -1.64. The van der Waals surface area contributed by atoms with E-state index in [2.05, 4.69) is 31.4 Å². The van der Waals surface area contributed by atoms with Gasteiger partial charge in [0.15, 0.2) is 9.01 Å². The standard InChI is InChI=1S/C14H10BrN3O2S2/c15-12-6-5-9(20-12)7-16-18-13(19)8-21-14-17-10-3-1-2-4-11(10)22-14/h1-7H,8H2,(H,18,19)/b16-7+. The summed E-state index contributed by atoms with van der Waals surface area (Å²) in [5, 5.41) is 3.84. The Morgan fingerprint density at radius 3 is 3.05 bits per heavy atom. The van der Waals surface area contributed by atoms with Crippen LogP contribution in [0.4, 0.5) is 0 Å². The van der Waals surface area contributed by atoms with Crippen LogP contribution in [0.3, 0.4) is 0 Å². The number of halogens is 1. The topological polar surface area (TPSA) is 67.5 Å². The lowest BCUT2D eigenvalue weighted by Gasteiger charge is -1.96. The summed E-state index contributed by atoms with van der Waals surface area (Å²) in [6.07, 6.45) is 1.45. The molecule has 3 aromatic rings. The van der Waals surface area contributed by atoms with Gasteiger partial charge in [-0.25, -0.2) is 10.4 Å². The first-order valence-electron chi connectivity index (χ1n) is 6.26. The third-order valence-corrected chi connectivity index (χ3v) is 5.18. The quantitative estimate of drug-likeness (QED) is 0.404. The normalized spacial score (nSPS) is 11.3. The first-order chi connectivity index (χ1) is 10.7. The van der Waals surface area contributed by atoms with Crippen LogP contribution in [0.2, 0.25) is 0 Å². The second-order valence-electron chi connectivity index (χ2n) is 4.17. The van der Waals surface area contributed by atoms with Gasteiger partial charge in [0.05, 0.1) is 22.2 Å². The monoisotopic (exact) mass is 395 g/mol. The SMILES string of the molecule is O=C(CSc1nc2ccccc2s1)N/N=C/c1ccc(Br)o1. The maximum absolute atomic E-state index is 11.7. The van der Waals surface area contributed by atoms with E-state index >= 15 is 0 Å². The number of hydrazone groups is 1. The Bertz CT molecular complexity index is 795. The predicted molar refractivity (Wildman–Crippen MR) is 92.5 cm³/mol. The lowest BCUT2D eigenvalue weighted by Crippen LogP contribution is -2.19. The second kappa shape index (κ2) is 7.08. The molecule has 112 valence electrons. The van der Waals surface area contributed by atoms with Crippen molar-refractivity contribution in [1.82, 2.24) is 10.4 Å². The molecule has 0 atom stereocenters. The van der Waals surface area contributed by atoms with E-state index in [1.165, 1.54) is 18.0 Å². The van der Waals surface area contributed by atoms with Crippen LogP contribution in [0.25, 0.3) is 10.2 Å². The number of rotatable bonds is 5. The molecule has 0 radical (unpaired) electrons. The number of benzene rings is 1. The fraction of sp³-hybridized carbons (Fsp3) is 0.0714. The average Bonchev–Trinajstić information content (AvgIpc) is 3.11. The van der Waals surface area contributed by atoms with E-state index in [9.17, 15) is 4.79 Å². The summed E-state index contributed by atoms with van der Waals surface area (Å²) in [5.41, 5.74) is 3.41. The van der Waals surface area contributed by atoms with Crippen LogP contribution in [0.1, 0.15) is 5.76 Å². The fourth-order valence-electron chi connectivity index (χ4n) is 1.64. The summed E-state index contributed by atoms with van der Waals surface area (Å²) in [4.78, 5) is 16.2. The number of furan rings is 1. The van der Waals surface area contributed by atoms with Gasteiger partial charge in [-0.15, -0.1) is 11.3 Å². The van der Waals surface area contributed by atoms with Gasteiger partial charge in [0.1, 0.15) is 5.76 Å². The molecule has 1 aromatic carbocycles. The van der Waals surface area contributed by atoms with Gasteiger partial charge in [0, 0.05) is 0 Å². The third-order valence-electron chi connectivity index (χ3n) is 2.58. The highest BCUT2D eigenvalue weighted by molar-refractivity contribution is 9.10. The zero-order valence-electron chi connectivity index (χ0n) is 11.2. The summed E-state index contributed by atoms with van der Waals surface area (Å²) in [5.74, 6) is 0.635. The summed E-state index contributed by atoms with van der Waals surface area (Å²) < 4.78 is 7.84. The van der Waals surface area contributed by atoms with Crippen molar-refractivity contribution in [3.8, 4) is 0 Å². The van der Waals surface area contributed by atoms with E-state index in [1.54, 1.807) is 23.5 Å². The number of hydrogen-bond acceptors (Lipinski definition) is 6. The Morgan fingerprint density at radius 2 is 2.27 bits per heavy atom. The number of carbonyl (C=O) groups excluding carboxylic acids is 1. The van der Waals surface area contributed by atoms with Gasteiger partial charge in [0.25, 0.3) is 5.91 Å². The molecule has 0 aliphatic heterocycles. The Balaban J connectivity index is 1.50. The van der Waals surface area contributed by atoms with Crippen molar-refractivity contribution in [2.45, 2.75) is 4.34 Å². The molecule has 22 heavy (non-hydrogen) atoms. The first-order valence-corrected chi connectivity index (χ1v) is 8.86. The number of thioether (sulfide) groups is 1. The van der Waals surface area contributed by atoms with Gasteiger partial charge in [-0.3, -0.25) is 4.79 Å². The van der Waals surface area contributed by atoms with E-state index in [0.29, 0.717) is 10.4 Å². The summed E-state index contributed by atoms with van der Waals surface area (Å²) in [6.45, 7) is 0. The Morgan fingerprint density at radius 1 is 1.41 bits per heavy atom. The fourth-order valence-corrected chi connectivity index (χ4v) is 3.82. The minimum atomic E-state index is -0.189. The molecular formula is C14H10BrN3O2S2. The highest BCUT2D eigenvalue weighted by Crippen LogP contribution is 2.28. The molecule has 0 bridgehead atoms. The summed E-state index contributed by atoms with van der Waals surface area (Å²) in [6, 6.07) is 11.4. The molecule has 8 heteroatoms. The van der Waals surface area contributed by atoms with Crippen molar-refractivity contribution in [3.63, 3.8) is 0 Å². The predicted octanol–water partition coefficient (Wildman–Crippen LogP) is 3.89. The van der Waals surface area contributed by atoms with Gasteiger partial charge in [0.2, 0.25) is 0 Å². The number of amides is 1. The van der Waals surface area contributed by atoms with Gasteiger partial charge in [-0.05, 0) is 40.2 Å². The molecule has 0 aliphatic carbocycles. The molecular weight excluding hydrogens is 386 g/mol. The number of carbonyl (C=O) groups is 1. The first kappa shape index (κ1) is 15.3. The van der Waals surface area contributed by atoms with Crippen molar-refractivity contribution in [2.75, 3.05) is 5.75 Å². The number of hydrogen-bond donors (Lipinski definition) is 1. The Kier molecular flexibility index (Phi) is 4.91. The zero-order valence-corrected chi connectivity index (χ0v) is 14.4. The maximum Gasteiger partial charge on any atom is 0.250 e. The number of nitrogens with one attached hydrogen (secondary N) is 1. The molecule has 0 saturated heterocycles. The van der Waals surface area contributed by atoms with Crippen molar-refractivity contribution in [1.29, 1.82) is 0 Å². The highest BCUT2D eigenvalue weighted by Gasteiger charge is 2.07. The number of nitrogens with zero attached hydrogens (tertiary/aromatic N) is 2. The molecule has 2 aromatic heterocycles. The van der Waals surface area contributed by atoms with Crippen molar-refractivity contribution < 1.29 is 9.21 Å². The minimum absolute atomic E-state index is 0.189. The van der Waals surface area contributed by atoms with Crippen LogP contribution in [0.15, 0.2) is 54.9 Å². The number of aromatic nitrogens is 1. The van der Waals surface area contributed by atoms with E-state index in [1.807, 2.05) is 24.3 Å². The Labute approximate surface area is 142 Å². The third kappa shape index (κ3) is 3.96. The average molecular weight is 396 g/mol. The maximum atomic E-state index is 11.7. The molecule has 0 fully saturated rings. The van der Waals surface area contributed by atoms with Crippen LogP contribution in [0.5, 0.6) is 0 Å². The number of para-hydroxylation sites is 1. The zero-order chi connectivity index (χ0) is 15.4. The van der Waals surface area contributed by atoms with E-state index in [-0.39, 0.29) is 11.7 Å². The number of fused-ring (bicyclic) bond motifs is 1. The van der Waals surface area contributed by atoms with Crippen LogP contribution in [0, 0.1) is 0 Å².